The summed E-state index contributed by atoms with van der Waals surface area (Å²) in [5, 5.41) is 2.82. The lowest BCUT2D eigenvalue weighted by Gasteiger charge is -2.18. The largest absolute Gasteiger partial charge is 0.481 e. The summed E-state index contributed by atoms with van der Waals surface area (Å²) in [6.07, 6.45) is -5.25. The van der Waals surface area contributed by atoms with Gasteiger partial charge in [0.1, 0.15) is 5.75 Å². The Bertz CT molecular complexity index is 744. The van der Waals surface area contributed by atoms with E-state index in [1.807, 2.05) is 32.9 Å². The van der Waals surface area contributed by atoms with Crippen LogP contribution in [0.3, 0.4) is 0 Å². The molecule has 0 aliphatic carbocycles. The molecule has 0 fully saturated rings. The van der Waals surface area contributed by atoms with Gasteiger partial charge in [-0.15, -0.1) is 0 Å². The fourth-order valence-corrected chi connectivity index (χ4v) is 2.58. The first-order valence-corrected chi connectivity index (χ1v) is 7.80. The van der Waals surface area contributed by atoms with Crippen molar-refractivity contribution in [1.29, 1.82) is 0 Å². The van der Waals surface area contributed by atoms with Crippen molar-refractivity contribution in [1.82, 2.24) is 0 Å². The predicted molar refractivity (Wildman–Crippen MR) is 90.8 cm³/mol. The molecule has 1 amide bonds. The highest BCUT2D eigenvalue weighted by atomic mass is 19.4. The van der Waals surface area contributed by atoms with Crippen LogP contribution < -0.4 is 10.1 Å². The van der Waals surface area contributed by atoms with Crippen molar-refractivity contribution in [2.24, 2.45) is 0 Å². The molecule has 1 atom stereocenters. The summed E-state index contributed by atoms with van der Waals surface area (Å²) >= 11 is 0. The van der Waals surface area contributed by atoms with Crippen molar-refractivity contribution in [2.75, 3.05) is 5.32 Å². The maximum atomic E-state index is 12.6. The minimum atomic E-state index is -4.40. The Morgan fingerprint density at radius 3 is 2.04 bits per heavy atom. The van der Waals surface area contributed by atoms with E-state index in [-0.39, 0.29) is 11.7 Å². The number of nitrogens with one attached hydrogen (secondary N) is 1. The molecule has 0 aromatic heterocycles. The van der Waals surface area contributed by atoms with Crippen molar-refractivity contribution in [3.05, 3.63) is 58.7 Å². The molecule has 0 spiro atoms. The zero-order valence-corrected chi connectivity index (χ0v) is 14.5. The Morgan fingerprint density at radius 1 is 1.04 bits per heavy atom. The van der Waals surface area contributed by atoms with Gasteiger partial charge in [-0.2, -0.15) is 13.2 Å². The van der Waals surface area contributed by atoms with Crippen LogP contribution in [0, 0.1) is 20.8 Å². The summed E-state index contributed by atoms with van der Waals surface area (Å²) < 4.78 is 43.1. The molecule has 2 aromatic carbocycles. The lowest BCUT2D eigenvalue weighted by molar-refractivity contribution is -0.137. The van der Waals surface area contributed by atoms with Gasteiger partial charge in [-0.1, -0.05) is 17.7 Å². The van der Waals surface area contributed by atoms with Gasteiger partial charge in [-0.3, -0.25) is 4.79 Å². The first-order chi connectivity index (χ1) is 11.6. The van der Waals surface area contributed by atoms with Crippen LogP contribution in [-0.4, -0.2) is 12.0 Å². The second-order valence-electron chi connectivity index (χ2n) is 6.05. The lowest BCUT2D eigenvalue weighted by Crippen LogP contribution is -2.30. The third-order valence-electron chi connectivity index (χ3n) is 3.79. The summed E-state index contributed by atoms with van der Waals surface area (Å²) in [5.74, 6) is -0.164. The Kier molecular flexibility index (Phi) is 5.40. The molecule has 0 saturated heterocycles. The second-order valence-corrected chi connectivity index (χ2v) is 6.05. The Balaban J connectivity index is 2.06. The van der Waals surface area contributed by atoms with Gasteiger partial charge in [0.05, 0.1) is 5.56 Å². The normalized spacial score (nSPS) is 12.6. The third kappa shape index (κ3) is 4.75. The molecule has 0 radical (unpaired) electrons. The highest BCUT2D eigenvalue weighted by Crippen LogP contribution is 2.30. The van der Waals surface area contributed by atoms with Crippen molar-refractivity contribution < 1.29 is 22.7 Å². The van der Waals surface area contributed by atoms with E-state index in [0.717, 1.165) is 34.5 Å². The molecule has 25 heavy (non-hydrogen) atoms. The van der Waals surface area contributed by atoms with Crippen molar-refractivity contribution in [2.45, 2.75) is 40.0 Å². The van der Waals surface area contributed by atoms with E-state index in [4.69, 9.17) is 4.74 Å². The number of alkyl halides is 3. The highest BCUT2D eigenvalue weighted by molar-refractivity contribution is 5.95. The Labute approximate surface area is 144 Å². The van der Waals surface area contributed by atoms with Gasteiger partial charge in [0.25, 0.3) is 5.91 Å². The van der Waals surface area contributed by atoms with E-state index >= 15 is 0 Å². The zero-order valence-electron chi connectivity index (χ0n) is 14.5. The van der Waals surface area contributed by atoms with Gasteiger partial charge in [0.2, 0.25) is 0 Å². The molecule has 0 aliphatic rings. The van der Waals surface area contributed by atoms with Crippen LogP contribution in [0.4, 0.5) is 18.9 Å². The number of carbonyl (C=O) groups is 1. The predicted octanol–water partition coefficient (Wildman–Crippen LogP) is 5.04. The van der Waals surface area contributed by atoms with Crippen molar-refractivity contribution >= 4 is 11.6 Å². The van der Waals surface area contributed by atoms with Crippen LogP contribution in [0.1, 0.15) is 29.2 Å². The van der Waals surface area contributed by atoms with Crippen LogP contribution in [0.15, 0.2) is 36.4 Å². The monoisotopic (exact) mass is 351 g/mol. The highest BCUT2D eigenvalue weighted by Gasteiger charge is 2.30. The Hall–Kier alpha value is -2.50. The van der Waals surface area contributed by atoms with E-state index in [0.29, 0.717) is 0 Å². The van der Waals surface area contributed by atoms with Crippen LogP contribution in [0.2, 0.25) is 0 Å². The van der Waals surface area contributed by atoms with Crippen molar-refractivity contribution in [3.63, 3.8) is 0 Å². The zero-order chi connectivity index (χ0) is 18.8. The first kappa shape index (κ1) is 18.8. The number of aryl methyl sites for hydroxylation is 3. The van der Waals surface area contributed by atoms with Crippen LogP contribution in [0.25, 0.3) is 0 Å². The SMILES string of the molecule is Cc1cc(C)c(NC(=O)[C@H](C)Oc2ccc(C(F)(F)F)cc2)c(C)c1. The van der Waals surface area contributed by atoms with Crippen LogP contribution in [0.5, 0.6) is 5.75 Å². The maximum absolute atomic E-state index is 12.6. The van der Waals surface area contributed by atoms with Gasteiger partial charge >= 0.3 is 6.18 Å². The fourth-order valence-electron chi connectivity index (χ4n) is 2.58. The number of benzene rings is 2. The van der Waals surface area contributed by atoms with Crippen LogP contribution >= 0.6 is 0 Å². The Morgan fingerprint density at radius 2 is 1.56 bits per heavy atom. The number of amides is 1. The molecule has 0 unspecified atom stereocenters. The summed E-state index contributed by atoms with van der Waals surface area (Å²) in [6, 6.07) is 8.18. The lowest BCUT2D eigenvalue weighted by atomic mass is 10.0. The molecule has 0 heterocycles. The van der Waals surface area contributed by atoms with E-state index in [2.05, 4.69) is 5.32 Å². The number of hydrogen-bond donors (Lipinski definition) is 1. The number of halogens is 3. The molecule has 6 heteroatoms. The van der Waals surface area contributed by atoms with Gasteiger partial charge < -0.3 is 10.1 Å². The average molecular weight is 351 g/mol. The molecular formula is C19H20F3NO2. The van der Waals surface area contributed by atoms with Gasteiger partial charge in [0.15, 0.2) is 6.10 Å². The van der Waals surface area contributed by atoms with E-state index in [9.17, 15) is 18.0 Å². The maximum Gasteiger partial charge on any atom is 0.416 e. The second kappa shape index (κ2) is 7.17. The quantitative estimate of drug-likeness (QED) is 0.838. The molecule has 3 nitrogen and oxygen atoms in total. The molecular weight excluding hydrogens is 331 g/mol. The number of rotatable bonds is 4. The standard InChI is InChI=1S/C19H20F3NO2/c1-11-9-12(2)17(13(3)10-11)23-18(24)14(4)25-16-7-5-15(6-8-16)19(20,21)22/h5-10,14H,1-4H3,(H,23,24)/t14-/m0/s1. The summed E-state index contributed by atoms with van der Waals surface area (Å²) in [4.78, 5) is 12.3. The number of carbonyl (C=O) groups excluding carboxylic acids is 1. The molecule has 1 N–H and O–H groups in total. The van der Waals surface area contributed by atoms with Crippen molar-refractivity contribution in [3.8, 4) is 5.75 Å². The third-order valence-corrected chi connectivity index (χ3v) is 3.79. The van der Waals surface area contributed by atoms with Crippen LogP contribution in [-0.2, 0) is 11.0 Å². The number of anilines is 1. The minimum absolute atomic E-state index is 0.202. The number of hydrogen-bond acceptors (Lipinski definition) is 2. The van der Waals surface area contributed by atoms with Gasteiger partial charge in [-0.25, -0.2) is 0 Å². The average Bonchev–Trinajstić information content (AvgIpc) is 2.50. The molecule has 0 saturated carbocycles. The number of ether oxygens (including phenoxy) is 1. The molecule has 0 aliphatic heterocycles. The van der Waals surface area contributed by atoms with E-state index in [1.165, 1.54) is 12.1 Å². The summed E-state index contributed by atoms with van der Waals surface area (Å²) in [7, 11) is 0. The molecule has 0 bridgehead atoms. The fraction of sp³-hybridized carbons (Fsp3) is 0.316. The van der Waals surface area contributed by atoms with Gasteiger partial charge in [-0.05, 0) is 63.1 Å². The van der Waals surface area contributed by atoms with Gasteiger partial charge in [0, 0.05) is 5.69 Å². The first-order valence-electron chi connectivity index (χ1n) is 7.80. The minimum Gasteiger partial charge on any atom is -0.481 e. The van der Waals surface area contributed by atoms with E-state index < -0.39 is 17.8 Å². The topological polar surface area (TPSA) is 38.3 Å². The van der Waals surface area contributed by atoms with E-state index in [1.54, 1.807) is 6.92 Å². The molecule has 2 rings (SSSR count). The smallest absolute Gasteiger partial charge is 0.416 e. The molecule has 2 aromatic rings. The summed E-state index contributed by atoms with van der Waals surface area (Å²) in [6.45, 7) is 7.32. The molecule has 134 valence electrons. The summed E-state index contributed by atoms with van der Waals surface area (Å²) in [5.41, 5.74) is 2.93.